The second kappa shape index (κ2) is 7.10. The molecule has 1 N–H and O–H groups in total. The Labute approximate surface area is 133 Å². The normalized spacial score (nSPS) is 18.7. The predicted octanol–water partition coefficient (Wildman–Crippen LogP) is 4.34. The van der Waals surface area contributed by atoms with E-state index in [1.807, 2.05) is 0 Å². The summed E-state index contributed by atoms with van der Waals surface area (Å²) in [4.78, 5) is 4.96. The van der Waals surface area contributed by atoms with Crippen LogP contribution in [0.4, 0.5) is 0 Å². The number of imidazole rings is 1. The molecule has 3 heteroatoms. The van der Waals surface area contributed by atoms with Crippen LogP contribution in [-0.2, 0) is 6.42 Å². The van der Waals surface area contributed by atoms with Crippen molar-refractivity contribution in [3.63, 3.8) is 0 Å². The van der Waals surface area contributed by atoms with E-state index in [4.69, 9.17) is 4.98 Å². The third kappa shape index (κ3) is 3.09. The maximum atomic E-state index is 4.96. The Morgan fingerprint density at radius 3 is 3.00 bits per heavy atom. The van der Waals surface area contributed by atoms with Crippen molar-refractivity contribution in [3.8, 4) is 0 Å². The molecule has 0 aliphatic carbocycles. The minimum atomic E-state index is 0.564. The Bertz CT molecular complexity index is 648. The van der Waals surface area contributed by atoms with Gasteiger partial charge in [-0.15, -0.1) is 0 Å². The van der Waals surface area contributed by atoms with Gasteiger partial charge in [0.05, 0.1) is 11.0 Å². The van der Waals surface area contributed by atoms with Crippen molar-refractivity contribution in [1.82, 2.24) is 14.9 Å². The lowest BCUT2D eigenvalue weighted by molar-refractivity contribution is 0.530. The van der Waals surface area contributed by atoms with Crippen molar-refractivity contribution in [2.24, 2.45) is 0 Å². The van der Waals surface area contributed by atoms with Gasteiger partial charge in [-0.05, 0) is 43.5 Å². The molecule has 0 radical (unpaired) electrons. The Morgan fingerprint density at radius 1 is 1.36 bits per heavy atom. The van der Waals surface area contributed by atoms with Crippen molar-refractivity contribution < 1.29 is 0 Å². The Hall–Kier alpha value is -1.61. The molecular weight excluding hydrogens is 270 g/mol. The number of aromatic nitrogens is 2. The average Bonchev–Trinajstić information content (AvgIpc) is 3.17. The largest absolute Gasteiger partial charge is 0.324 e. The van der Waals surface area contributed by atoms with Gasteiger partial charge in [0.15, 0.2) is 0 Å². The Morgan fingerprint density at radius 2 is 2.27 bits per heavy atom. The average molecular weight is 297 g/mol. The van der Waals surface area contributed by atoms with E-state index < -0.39 is 0 Å². The van der Waals surface area contributed by atoms with E-state index >= 15 is 0 Å². The van der Waals surface area contributed by atoms with Crippen LogP contribution in [0.25, 0.3) is 17.1 Å². The van der Waals surface area contributed by atoms with Crippen LogP contribution in [0.1, 0.15) is 57.0 Å². The number of rotatable bonds is 6. The third-order valence-corrected chi connectivity index (χ3v) is 4.49. The fraction of sp³-hybridized carbons (Fsp3) is 0.526. The van der Waals surface area contributed by atoms with E-state index in [1.54, 1.807) is 0 Å². The number of hydrogen-bond donors (Lipinski definition) is 1. The molecule has 1 atom stereocenters. The van der Waals surface area contributed by atoms with Crippen LogP contribution in [0.2, 0.25) is 0 Å². The van der Waals surface area contributed by atoms with Crippen LogP contribution in [0.3, 0.4) is 0 Å². The zero-order chi connectivity index (χ0) is 15.4. The summed E-state index contributed by atoms with van der Waals surface area (Å²) in [5.74, 6) is 1.27. The molecule has 0 saturated carbocycles. The van der Waals surface area contributed by atoms with Gasteiger partial charge in [-0.3, -0.25) is 0 Å². The smallest absolute Gasteiger partial charge is 0.110 e. The summed E-state index contributed by atoms with van der Waals surface area (Å²) in [6.07, 6.45) is 10.2. The van der Waals surface area contributed by atoms with Gasteiger partial charge < -0.3 is 9.88 Å². The van der Waals surface area contributed by atoms with Gasteiger partial charge in [0, 0.05) is 19.0 Å². The summed E-state index contributed by atoms with van der Waals surface area (Å²) < 4.78 is 2.50. The number of fused-ring (bicyclic) bond motifs is 1. The highest BCUT2D eigenvalue weighted by Gasteiger charge is 2.22. The number of hydrogen-bond acceptors (Lipinski definition) is 2. The molecule has 1 saturated heterocycles. The van der Waals surface area contributed by atoms with Gasteiger partial charge in [0.2, 0.25) is 0 Å². The first-order valence-electron chi connectivity index (χ1n) is 8.71. The number of benzene rings is 1. The summed E-state index contributed by atoms with van der Waals surface area (Å²) in [7, 11) is 0. The predicted molar refractivity (Wildman–Crippen MR) is 94.2 cm³/mol. The lowest BCUT2D eigenvalue weighted by Crippen LogP contribution is -2.15. The topological polar surface area (TPSA) is 29.9 Å². The fourth-order valence-electron chi connectivity index (χ4n) is 3.30. The van der Waals surface area contributed by atoms with Crippen molar-refractivity contribution in [1.29, 1.82) is 0 Å². The monoisotopic (exact) mass is 297 g/mol. The van der Waals surface area contributed by atoms with Crippen LogP contribution in [0.15, 0.2) is 24.3 Å². The molecule has 1 aromatic heterocycles. The summed E-state index contributed by atoms with van der Waals surface area (Å²) >= 11 is 0. The van der Waals surface area contributed by atoms with Gasteiger partial charge in [-0.2, -0.15) is 0 Å². The van der Waals surface area contributed by atoms with E-state index in [0.717, 1.165) is 31.4 Å². The molecule has 0 bridgehead atoms. The van der Waals surface area contributed by atoms with Gasteiger partial charge in [0.25, 0.3) is 0 Å². The molecule has 2 aromatic rings. The minimum Gasteiger partial charge on any atom is -0.324 e. The summed E-state index contributed by atoms with van der Waals surface area (Å²) in [5, 5.41) is 3.49. The molecule has 1 aromatic carbocycles. The Kier molecular flexibility index (Phi) is 4.94. The minimum absolute atomic E-state index is 0.564. The quantitative estimate of drug-likeness (QED) is 0.859. The molecule has 1 fully saturated rings. The highest BCUT2D eigenvalue weighted by Crippen LogP contribution is 2.27. The molecule has 3 nitrogen and oxygen atoms in total. The van der Waals surface area contributed by atoms with E-state index in [2.05, 4.69) is 54.1 Å². The first-order chi connectivity index (χ1) is 10.8. The molecule has 0 spiro atoms. The number of unbranched alkanes of at least 4 members (excludes halogenated alkanes) is 1. The van der Waals surface area contributed by atoms with E-state index in [-0.39, 0.29) is 0 Å². The van der Waals surface area contributed by atoms with Crippen LogP contribution < -0.4 is 5.32 Å². The molecule has 1 aliphatic heterocycles. The van der Waals surface area contributed by atoms with E-state index in [9.17, 15) is 0 Å². The molecule has 1 aliphatic rings. The molecule has 0 amide bonds. The summed E-state index contributed by atoms with van der Waals surface area (Å²) in [6.45, 7) is 6.61. The molecule has 3 rings (SSSR count). The Balaban J connectivity index is 2.02. The van der Waals surface area contributed by atoms with Gasteiger partial charge >= 0.3 is 0 Å². The van der Waals surface area contributed by atoms with Gasteiger partial charge in [-0.25, -0.2) is 4.98 Å². The van der Waals surface area contributed by atoms with Crippen LogP contribution in [-0.4, -0.2) is 22.6 Å². The molecule has 2 heterocycles. The number of nitrogens with zero attached hydrogens (tertiary/aromatic N) is 2. The third-order valence-electron chi connectivity index (χ3n) is 4.49. The van der Waals surface area contributed by atoms with Crippen LogP contribution >= 0.6 is 0 Å². The SMILES string of the molecule is CC/C=C/c1ccc2c(c1)nc(CCCC)n2C1CCNC1. The number of aryl methyl sites for hydroxylation is 1. The van der Waals surface area contributed by atoms with Crippen molar-refractivity contribution in [3.05, 3.63) is 35.7 Å². The summed E-state index contributed by atoms with van der Waals surface area (Å²) in [6, 6.07) is 7.27. The molecule has 1 unspecified atom stereocenters. The van der Waals surface area contributed by atoms with Crippen LogP contribution in [0.5, 0.6) is 0 Å². The van der Waals surface area contributed by atoms with Crippen molar-refractivity contribution in [2.75, 3.05) is 13.1 Å². The maximum Gasteiger partial charge on any atom is 0.110 e. The van der Waals surface area contributed by atoms with Gasteiger partial charge in [0.1, 0.15) is 5.82 Å². The lowest BCUT2D eigenvalue weighted by Gasteiger charge is -2.15. The maximum absolute atomic E-state index is 4.96. The van der Waals surface area contributed by atoms with E-state index in [0.29, 0.717) is 6.04 Å². The second-order valence-corrected chi connectivity index (χ2v) is 6.21. The second-order valence-electron chi connectivity index (χ2n) is 6.21. The van der Waals surface area contributed by atoms with Gasteiger partial charge in [-0.1, -0.05) is 38.5 Å². The zero-order valence-electron chi connectivity index (χ0n) is 13.8. The highest BCUT2D eigenvalue weighted by molar-refractivity contribution is 5.79. The number of allylic oxidation sites excluding steroid dienone is 1. The zero-order valence-corrected chi connectivity index (χ0v) is 13.8. The molecular formula is C19H27N3. The summed E-state index contributed by atoms with van der Waals surface area (Å²) in [5.41, 5.74) is 3.70. The van der Waals surface area contributed by atoms with E-state index in [1.165, 1.54) is 36.2 Å². The fourth-order valence-corrected chi connectivity index (χ4v) is 3.30. The van der Waals surface area contributed by atoms with Crippen LogP contribution in [0, 0.1) is 0 Å². The first kappa shape index (κ1) is 15.3. The van der Waals surface area contributed by atoms with Crippen molar-refractivity contribution in [2.45, 2.75) is 52.0 Å². The standard InChI is InChI=1S/C19H27N3/c1-3-5-7-15-9-10-18-17(13-15)21-19(8-6-4-2)22(18)16-11-12-20-14-16/h5,7,9-10,13,16,20H,3-4,6,8,11-12,14H2,1-2H3/b7-5+. The number of nitrogens with one attached hydrogen (secondary N) is 1. The first-order valence-corrected chi connectivity index (χ1v) is 8.71. The lowest BCUT2D eigenvalue weighted by atomic mass is 10.1. The van der Waals surface area contributed by atoms with Crippen molar-refractivity contribution >= 4 is 17.1 Å². The highest BCUT2D eigenvalue weighted by atomic mass is 15.1. The molecule has 22 heavy (non-hydrogen) atoms. The molecule has 118 valence electrons.